The van der Waals surface area contributed by atoms with Gasteiger partial charge >= 0.3 is 12.1 Å². The number of nitrogens with zero attached hydrogens (tertiary/aromatic N) is 1. The number of hydrogen-bond donors (Lipinski definition) is 2. The van der Waals surface area contributed by atoms with Crippen LogP contribution < -0.4 is 5.32 Å². The van der Waals surface area contributed by atoms with Crippen LogP contribution in [0.4, 0.5) is 13.2 Å². The Labute approximate surface area is 107 Å². The molecule has 2 N–H and O–H groups in total. The first-order chi connectivity index (χ1) is 8.77. The van der Waals surface area contributed by atoms with Crippen molar-refractivity contribution in [2.24, 2.45) is 0 Å². The zero-order valence-electron chi connectivity index (χ0n) is 10.1. The van der Waals surface area contributed by atoms with Crippen LogP contribution in [-0.2, 0) is 17.5 Å². The van der Waals surface area contributed by atoms with Gasteiger partial charge < -0.3 is 15.0 Å². The summed E-state index contributed by atoms with van der Waals surface area (Å²) in [7, 11) is 0. The maximum absolute atomic E-state index is 12.8. The van der Waals surface area contributed by atoms with Gasteiger partial charge in [-0.15, -0.1) is 0 Å². The lowest BCUT2D eigenvalue weighted by Crippen LogP contribution is -2.30. The van der Waals surface area contributed by atoms with Crippen LogP contribution in [0.25, 0.3) is 0 Å². The number of carboxylic acid groups (broad SMARTS) is 1. The number of amides is 1. The monoisotopic (exact) mass is 278 g/mol. The fraction of sp³-hybridized carbons (Fsp3) is 0.455. The Hall–Kier alpha value is -1.99. The number of carbonyl (C=O) groups is 2. The standard InChI is InChI=1S/C11H13F3N2O3/c1-2-4-15-8(17)6-16-5-3-7(10(18)19)9(16)11(12,13)14/h3,5H,2,4,6H2,1H3,(H,15,17)(H,18,19). The summed E-state index contributed by atoms with van der Waals surface area (Å²) in [4.78, 5) is 22.1. The van der Waals surface area contributed by atoms with E-state index in [9.17, 15) is 22.8 Å². The third kappa shape index (κ3) is 3.73. The Bertz CT molecular complexity index is 480. The van der Waals surface area contributed by atoms with Gasteiger partial charge in [-0.25, -0.2) is 4.79 Å². The zero-order valence-corrected chi connectivity index (χ0v) is 10.1. The highest BCUT2D eigenvalue weighted by molar-refractivity contribution is 5.89. The summed E-state index contributed by atoms with van der Waals surface area (Å²) in [6, 6.07) is 0.832. The number of alkyl halides is 3. The van der Waals surface area contributed by atoms with Crippen molar-refractivity contribution in [3.05, 3.63) is 23.5 Å². The number of aromatic carboxylic acids is 1. The van der Waals surface area contributed by atoms with Crippen molar-refractivity contribution in [2.75, 3.05) is 6.54 Å². The minimum atomic E-state index is -4.83. The fourth-order valence-corrected chi connectivity index (χ4v) is 1.57. The van der Waals surface area contributed by atoms with E-state index in [1.807, 2.05) is 0 Å². The van der Waals surface area contributed by atoms with Crippen LogP contribution in [0.15, 0.2) is 12.3 Å². The van der Waals surface area contributed by atoms with Crippen LogP contribution in [0, 0.1) is 0 Å². The Kier molecular flexibility index (Phi) is 4.57. The van der Waals surface area contributed by atoms with Gasteiger partial charge in [-0.3, -0.25) is 4.79 Å². The molecule has 0 atom stereocenters. The molecule has 0 unspecified atom stereocenters. The van der Waals surface area contributed by atoms with Gasteiger partial charge in [0.25, 0.3) is 0 Å². The Balaban J connectivity index is 3.02. The molecule has 1 aromatic heterocycles. The highest BCUT2D eigenvalue weighted by atomic mass is 19.4. The molecule has 0 spiro atoms. The van der Waals surface area contributed by atoms with Gasteiger partial charge in [0.15, 0.2) is 0 Å². The fourth-order valence-electron chi connectivity index (χ4n) is 1.57. The topological polar surface area (TPSA) is 71.3 Å². The normalized spacial score (nSPS) is 11.4. The summed E-state index contributed by atoms with van der Waals surface area (Å²) >= 11 is 0. The molecule has 1 rings (SSSR count). The molecule has 106 valence electrons. The largest absolute Gasteiger partial charge is 0.478 e. The molecular formula is C11H13F3N2O3. The molecule has 0 saturated carbocycles. The molecule has 0 saturated heterocycles. The van der Waals surface area contributed by atoms with E-state index in [4.69, 9.17) is 5.11 Å². The number of carbonyl (C=O) groups excluding carboxylic acids is 1. The first-order valence-corrected chi connectivity index (χ1v) is 5.53. The van der Waals surface area contributed by atoms with Gasteiger partial charge in [-0.2, -0.15) is 13.2 Å². The predicted molar refractivity (Wildman–Crippen MR) is 59.7 cm³/mol. The van der Waals surface area contributed by atoms with Crippen molar-refractivity contribution in [1.29, 1.82) is 0 Å². The second-order valence-corrected chi connectivity index (χ2v) is 3.86. The van der Waals surface area contributed by atoms with Crippen LogP contribution in [0.2, 0.25) is 0 Å². The molecule has 0 aliphatic rings. The molecule has 1 aromatic rings. The molecule has 0 radical (unpaired) electrons. The average Bonchev–Trinajstić information content (AvgIpc) is 2.69. The lowest BCUT2D eigenvalue weighted by molar-refractivity contribution is -0.144. The van der Waals surface area contributed by atoms with E-state index in [0.29, 0.717) is 17.5 Å². The summed E-state index contributed by atoms with van der Waals surface area (Å²) in [5.41, 5.74) is -2.19. The minimum Gasteiger partial charge on any atom is -0.478 e. The molecular weight excluding hydrogens is 265 g/mol. The third-order valence-electron chi connectivity index (χ3n) is 2.35. The Morgan fingerprint density at radius 3 is 2.53 bits per heavy atom. The van der Waals surface area contributed by atoms with Crippen LogP contribution in [0.1, 0.15) is 29.4 Å². The molecule has 1 amide bonds. The highest BCUT2D eigenvalue weighted by Crippen LogP contribution is 2.32. The second kappa shape index (κ2) is 5.77. The summed E-state index contributed by atoms with van der Waals surface area (Å²) in [6.07, 6.45) is -3.23. The number of aromatic nitrogens is 1. The minimum absolute atomic E-state index is 0.354. The number of nitrogens with one attached hydrogen (secondary N) is 1. The highest BCUT2D eigenvalue weighted by Gasteiger charge is 2.39. The van der Waals surface area contributed by atoms with Gasteiger partial charge in [0, 0.05) is 12.7 Å². The van der Waals surface area contributed by atoms with E-state index in [1.165, 1.54) is 0 Å². The maximum Gasteiger partial charge on any atom is 0.432 e. The second-order valence-electron chi connectivity index (χ2n) is 3.86. The maximum atomic E-state index is 12.8. The molecule has 0 aromatic carbocycles. The van der Waals surface area contributed by atoms with E-state index in [0.717, 1.165) is 12.3 Å². The summed E-state index contributed by atoms with van der Waals surface area (Å²) < 4.78 is 39.0. The first kappa shape index (κ1) is 15.1. The van der Waals surface area contributed by atoms with E-state index >= 15 is 0 Å². The molecule has 0 aliphatic heterocycles. The Morgan fingerprint density at radius 1 is 1.42 bits per heavy atom. The lowest BCUT2D eigenvalue weighted by atomic mass is 10.2. The van der Waals surface area contributed by atoms with Gasteiger partial charge in [0.1, 0.15) is 12.2 Å². The van der Waals surface area contributed by atoms with E-state index in [-0.39, 0.29) is 0 Å². The van der Waals surface area contributed by atoms with Gasteiger partial charge in [0.2, 0.25) is 5.91 Å². The van der Waals surface area contributed by atoms with Crippen molar-refractivity contribution in [3.8, 4) is 0 Å². The molecule has 0 fully saturated rings. The van der Waals surface area contributed by atoms with Crippen LogP contribution in [-0.4, -0.2) is 28.1 Å². The van der Waals surface area contributed by atoms with Gasteiger partial charge in [0.05, 0.1) is 5.56 Å². The van der Waals surface area contributed by atoms with Crippen LogP contribution in [0.3, 0.4) is 0 Å². The molecule has 1 heterocycles. The third-order valence-corrected chi connectivity index (χ3v) is 2.35. The number of carboxylic acids is 1. The quantitative estimate of drug-likeness (QED) is 0.861. The zero-order chi connectivity index (χ0) is 14.6. The molecule has 8 heteroatoms. The van der Waals surface area contributed by atoms with Crippen molar-refractivity contribution < 1.29 is 27.9 Å². The predicted octanol–water partition coefficient (Wildman–Crippen LogP) is 1.73. The van der Waals surface area contributed by atoms with Crippen molar-refractivity contribution in [1.82, 2.24) is 9.88 Å². The SMILES string of the molecule is CCCNC(=O)Cn1ccc(C(=O)O)c1C(F)(F)F. The number of hydrogen-bond acceptors (Lipinski definition) is 2. The number of rotatable bonds is 5. The summed E-state index contributed by atoms with van der Waals surface area (Å²) in [5, 5.41) is 11.1. The number of halogens is 3. The van der Waals surface area contributed by atoms with Crippen molar-refractivity contribution in [2.45, 2.75) is 26.1 Å². The van der Waals surface area contributed by atoms with E-state index < -0.39 is 35.9 Å². The molecule has 0 bridgehead atoms. The van der Waals surface area contributed by atoms with E-state index in [2.05, 4.69) is 5.32 Å². The van der Waals surface area contributed by atoms with Gasteiger partial charge in [-0.05, 0) is 12.5 Å². The van der Waals surface area contributed by atoms with Crippen molar-refractivity contribution in [3.63, 3.8) is 0 Å². The van der Waals surface area contributed by atoms with Crippen LogP contribution >= 0.6 is 0 Å². The summed E-state index contributed by atoms with van der Waals surface area (Å²) in [5.74, 6) is -2.28. The molecule has 0 aliphatic carbocycles. The van der Waals surface area contributed by atoms with Crippen LogP contribution in [0.5, 0.6) is 0 Å². The van der Waals surface area contributed by atoms with E-state index in [1.54, 1.807) is 6.92 Å². The summed E-state index contributed by atoms with van der Waals surface area (Å²) in [6.45, 7) is 1.59. The average molecular weight is 278 g/mol. The van der Waals surface area contributed by atoms with Crippen molar-refractivity contribution >= 4 is 11.9 Å². The Morgan fingerprint density at radius 2 is 2.05 bits per heavy atom. The van der Waals surface area contributed by atoms with Gasteiger partial charge in [-0.1, -0.05) is 6.92 Å². The lowest BCUT2D eigenvalue weighted by Gasteiger charge is -2.13. The first-order valence-electron chi connectivity index (χ1n) is 5.53. The smallest absolute Gasteiger partial charge is 0.432 e. The molecule has 5 nitrogen and oxygen atoms in total. The molecule has 19 heavy (non-hydrogen) atoms.